The Morgan fingerprint density at radius 1 is 1.15 bits per heavy atom. The second-order valence-electron chi connectivity index (χ2n) is 7.73. The van der Waals surface area contributed by atoms with Crippen LogP contribution in [0.15, 0.2) is 78.1 Å². The maximum Gasteiger partial charge on any atom is 0.263 e. The van der Waals surface area contributed by atoms with Crippen LogP contribution in [0.25, 0.3) is 22.5 Å². The Kier molecular flexibility index (Phi) is 7.48. The minimum atomic E-state index is -0.584. The summed E-state index contributed by atoms with van der Waals surface area (Å²) in [5, 5.41) is 5.73. The summed E-state index contributed by atoms with van der Waals surface area (Å²) in [5.41, 5.74) is 14.6. The van der Waals surface area contributed by atoms with Gasteiger partial charge in [0.1, 0.15) is 5.56 Å². The molecule has 0 fully saturated rings. The van der Waals surface area contributed by atoms with E-state index in [4.69, 9.17) is 11.5 Å². The third-order valence-corrected chi connectivity index (χ3v) is 5.46. The predicted octanol–water partition coefficient (Wildman–Crippen LogP) is 4.16. The van der Waals surface area contributed by atoms with Crippen LogP contribution in [0.5, 0.6) is 0 Å². The SMILES string of the molecule is C=C/C=C\c1c(C(N)=O)c(N)nn1C.CCc1cc2cccc(C)c2c(=O)n1-c1ccccc1. The number of aromatic nitrogens is 3. The van der Waals surface area contributed by atoms with Crippen molar-refractivity contribution in [2.24, 2.45) is 12.8 Å². The monoisotopic (exact) mass is 455 g/mol. The largest absolute Gasteiger partial charge is 0.382 e. The van der Waals surface area contributed by atoms with E-state index in [1.54, 1.807) is 25.3 Å². The summed E-state index contributed by atoms with van der Waals surface area (Å²) in [7, 11) is 1.69. The maximum atomic E-state index is 12.9. The zero-order chi connectivity index (χ0) is 24.8. The molecule has 0 saturated carbocycles. The highest BCUT2D eigenvalue weighted by Crippen LogP contribution is 2.19. The highest BCUT2D eigenvalue weighted by molar-refractivity contribution is 6.00. The summed E-state index contributed by atoms with van der Waals surface area (Å²) < 4.78 is 3.32. The molecule has 0 spiro atoms. The van der Waals surface area contributed by atoms with Crippen LogP contribution in [0.3, 0.4) is 0 Å². The van der Waals surface area contributed by atoms with Crippen LogP contribution >= 0.6 is 0 Å². The molecule has 4 aromatic rings. The van der Waals surface area contributed by atoms with Crippen molar-refractivity contribution in [2.75, 3.05) is 5.73 Å². The molecule has 7 nitrogen and oxygen atoms in total. The summed E-state index contributed by atoms with van der Waals surface area (Å²) >= 11 is 0. The van der Waals surface area contributed by atoms with Gasteiger partial charge in [0.15, 0.2) is 5.82 Å². The Morgan fingerprint density at radius 2 is 1.85 bits per heavy atom. The van der Waals surface area contributed by atoms with E-state index in [9.17, 15) is 9.59 Å². The molecule has 2 aromatic heterocycles. The van der Waals surface area contributed by atoms with Crippen LogP contribution in [-0.2, 0) is 13.5 Å². The molecular weight excluding hydrogens is 426 g/mol. The first-order chi connectivity index (χ1) is 16.3. The van der Waals surface area contributed by atoms with Crippen molar-refractivity contribution in [1.82, 2.24) is 14.3 Å². The molecule has 4 rings (SSSR count). The van der Waals surface area contributed by atoms with Crippen LogP contribution in [0.4, 0.5) is 5.82 Å². The summed E-state index contributed by atoms with van der Waals surface area (Å²) in [6.07, 6.45) is 5.78. The first kappa shape index (κ1) is 24.3. The summed E-state index contributed by atoms with van der Waals surface area (Å²) in [5.74, 6) is -0.442. The number of hydrogen-bond donors (Lipinski definition) is 2. The van der Waals surface area contributed by atoms with Gasteiger partial charge in [-0.1, -0.05) is 62.1 Å². The summed E-state index contributed by atoms with van der Waals surface area (Å²) in [6, 6.07) is 18.0. The molecule has 4 N–H and O–H groups in total. The van der Waals surface area contributed by atoms with Gasteiger partial charge in [0.05, 0.1) is 11.1 Å². The van der Waals surface area contributed by atoms with Crippen molar-refractivity contribution in [3.8, 4) is 5.69 Å². The third kappa shape index (κ3) is 4.83. The molecule has 34 heavy (non-hydrogen) atoms. The van der Waals surface area contributed by atoms with Gasteiger partial charge in [0, 0.05) is 18.4 Å². The number of fused-ring (bicyclic) bond motifs is 1. The number of nitrogens with zero attached hydrogens (tertiary/aromatic N) is 3. The van der Waals surface area contributed by atoms with Crippen LogP contribution < -0.4 is 17.0 Å². The number of benzene rings is 2. The number of pyridine rings is 1. The van der Waals surface area contributed by atoms with E-state index >= 15 is 0 Å². The number of hydrogen-bond acceptors (Lipinski definition) is 4. The number of primary amides is 1. The standard InChI is InChI=1S/C18H17NO.C9H12N4O/c1-3-15-12-14-9-7-8-13(2)17(14)18(20)19(15)16-10-5-4-6-11-16;1-3-4-5-6-7(9(11)14)8(10)12-13(6)2/h4-12H,3H2,1-2H3;3-5H,1H2,2H3,(H2,10,12)(H2,11,14)/b;5-4-. The predicted molar refractivity (Wildman–Crippen MR) is 139 cm³/mol. The number of nitrogen functional groups attached to an aromatic ring is 1. The van der Waals surface area contributed by atoms with Gasteiger partial charge >= 0.3 is 0 Å². The Bertz CT molecular complexity index is 1430. The van der Waals surface area contributed by atoms with Gasteiger partial charge in [-0.15, -0.1) is 0 Å². The molecule has 0 unspecified atom stereocenters. The van der Waals surface area contributed by atoms with Crippen molar-refractivity contribution >= 4 is 28.6 Å². The molecular formula is C27H29N5O2. The van der Waals surface area contributed by atoms with E-state index in [1.165, 1.54) is 4.68 Å². The minimum absolute atomic E-state index is 0.0728. The fourth-order valence-corrected chi connectivity index (χ4v) is 3.87. The van der Waals surface area contributed by atoms with Gasteiger partial charge in [0.25, 0.3) is 11.5 Å². The number of carbonyl (C=O) groups is 1. The molecule has 0 aliphatic carbocycles. The Labute approximate surface area is 198 Å². The van der Waals surface area contributed by atoms with E-state index < -0.39 is 5.91 Å². The number of carbonyl (C=O) groups excluding carboxylic acids is 1. The molecule has 0 atom stereocenters. The van der Waals surface area contributed by atoms with Gasteiger partial charge in [-0.2, -0.15) is 5.10 Å². The van der Waals surface area contributed by atoms with Crippen LogP contribution in [0, 0.1) is 6.92 Å². The maximum absolute atomic E-state index is 12.9. The lowest BCUT2D eigenvalue weighted by Crippen LogP contribution is -2.22. The normalized spacial score (nSPS) is 10.8. The topological polar surface area (TPSA) is 109 Å². The van der Waals surface area contributed by atoms with E-state index in [1.807, 2.05) is 60.0 Å². The lowest BCUT2D eigenvalue weighted by Gasteiger charge is -2.14. The molecule has 1 amide bonds. The molecule has 0 aliphatic heterocycles. The zero-order valence-electron chi connectivity index (χ0n) is 19.7. The Hall–Kier alpha value is -4.39. The first-order valence-corrected chi connectivity index (χ1v) is 10.9. The average Bonchev–Trinajstić information content (AvgIpc) is 3.11. The second kappa shape index (κ2) is 10.5. The number of allylic oxidation sites excluding steroid dienone is 2. The fraction of sp³-hybridized carbons (Fsp3) is 0.148. The number of aryl methyl sites for hydroxylation is 3. The zero-order valence-corrected chi connectivity index (χ0v) is 19.7. The summed E-state index contributed by atoms with van der Waals surface area (Å²) in [4.78, 5) is 23.9. The van der Waals surface area contributed by atoms with Crippen molar-refractivity contribution < 1.29 is 4.79 Å². The van der Waals surface area contributed by atoms with Gasteiger partial charge in [0.2, 0.25) is 0 Å². The van der Waals surface area contributed by atoms with Crippen LogP contribution in [0.2, 0.25) is 0 Å². The molecule has 2 aromatic carbocycles. The lowest BCUT2D eigenvalue weighted by atomic mass is 10.1. The second-order valence-corrected chi connectivity index (χ2v) is 7.73. The third-order valence-electron chi connectivity index (χ3n) is 5.46. The van der Waals surface area contributed by atoms with Gasteiger partial charge < -0.3 is 11.5 Å². The quantitative estimate of drug-likeness (QED) is 0.440. The molecule has 0 bridgehead atoms. The van der Waals surface area contributed by atoms with Crippen LogP contribution in [0.1, 0.15) is 34.2 Å². The van der Waals surface area contributed by atoms with Crippen molar-refractivity contribution in [2.45, 2.75) is 20.3 Å². The Balaban J connectivity index is 0.000000204. The molecule has 174 valence electrons. The minimum Gasteiger partial charge on any atom is -0.382 e. The molecule has 0 aliphatic rings. The van der Waals surface area contributed by atoms with Crippen molar-refractivity contribution in [3.05, 3.63) is 106 Å². The smallest absolute Gasteiger partial charge is 0.263 e. The van der Waals surface area contributed by atoms with Gasteiger partial charge in [-0.25, -0.2) is 0 Å². The van der Waals surface area contributed by atoms with Crippen molar-refractivity contribution in [3.63, 3.8) is 0 Å². The van der Waals surface area contributed by atoms with Crippen molar-refractivity contribution in [1.29, 1.82) is 0 Å². The Morgan fingerprint density at radius 3 is 2.47 bits per heavy atom. The van der Waals surface area contributed by atoms with Crippen LogP contribution in [-0.4, -0.2) is 20.3 Å². The highest BCUT2D eigenvalue weighted by Gasteiger charge is 2.16. The van der Waals surface area contributed by atoms with E-state index in [2.05, 4.69) is 24.7 Å². The molecule has 0 saturated heterocycles. The molecule has 2 heterocycles. The number of rotatable bonds is 5. The van der Waals surface area contributed by atoms with Gasteiger partial charge in [-0.05, 0) is 48.6 Å². The number of anilines is 1. The fourth-order valence-electron chi connectivity index (χ4n) is 3.87. The number of amides is 1. The first-order valence-electron chi connectivity index (χ1n) is 10.9. The summed E-state index contributed by atoms with van der Waals surface area (Å²) in [6.45, 7) is 7.59. The lowest BCUT2D eigenvalue weighted by molar-refractivity contribution is 0.100. The molecule has 0 radical (unpaired) electrons. The number of para-hydroxylation sites is 1. The highest BCUT2D eigenvalue weighted by atomic mass is 16.1. The van der Waals surface area contributed by atoms with Gasteiger partial charge in [-0.3, -0.25) is 18.8 Å². The van der Waals surface area contributed by atoms with E-state index in [-0.39, 0.29) is 16.9 Å². The average molecular weight is 456 g/mol. The van der Waals surface area contributed by atoms with E-state index in [0.29, 0.717) is 5.69 Å². The van der Waals surface area contributed by atoms with E-state index in [0.717, 1.165) is 34.1 Å². The number of nitrogens with two attached hydrogens (primary N) is 2. The molecule has 7 heteroatoms.